The molecule has 0 saturated carbocycles. The summed E-state index contributed by atoms with van der Waals surface area (Å²) in [7, 11) is 0. The highest BCUT2D eigenvalue weighted by Crippen LogP contribution is 2.40. The largest absolute Gasteiger partial charge is 0.448 e. The molecule has 0 spiro atoms. The van der Waals surface area contributed by atoms with E-state index in [0.717, 1.165) is 36.3 Å². The van der Waals surface area contributed by atoms with Gasteiger partial charge in [-0.05, 0) is 116 Å². The highest BCUT2D eigenvalue weighted by molar-refractivity contribution is 14.1. The number of benzene rings is 4. The van der Waals surface area contributed by atoms with Crippen LogP contribution in [0.15, 0.2) is 95.9 Å². The Morgan fingerprint density at radius 3 is 2.79 bits per heavy atom. The summed E-state index contributed by atoms with van der Waals surface area (Å²) in [5.41, 5.74) is 6.44. The van der Waals surface area contributed by atoms with E-state index in [9.17, 15) is 0 Å². The van der Waals surface area contributed by atoms with Crippen LogP contribution in [0.4, 0.5) is 5.82 Å². The Kier molecular flexibility index (Phi) is 6.37. The summed E-state index contributed by atoms with van der Waals surface area (Å²) in [6.07, 6.45) is 6.54. The Morgan fingerprint density at radius 2 is 1.86 bits per heavy atom. The molecule has 6 nitrogen and oxygen atoms in total. The van der Waals surface area contributed by atoms with Crippen molar-refractivity contribution in [3.63, 3.8) is 0 Å². The SMILES string of the molecule is Clc1nc(NCc2cccc(I)c2)c2ncn(-c3occc3C3CCc4ccc5c(ccc6ccccc65)c4C3)c2n1. The molecule has 3 aromatic heterocycles. The molecule has 1 aliphatic rings. The summed E-state index contributed by atoms with van der Waals surface area (Å²) in [6.45, 7) is 0.600. The average molecular weight is 682 g/mol. The minimum atomic E-state index is 0.160. The number of nitrogens with one attached hydrogen (secondary N) is 1. The third-order valence-electron chi connectivity index (χ3n) is 8.40. The predicted octanol–water partition coefficient (Wildman–Crippen LogP) is 8.86. The van der Waals surface area contributed by atoms with Crippen molar-refractivity contribution in [1.29, 1.82) is 0 Å². The van der Waals surface area contributed by atoms with Crippen LogP contribution in [0.1, 0.15) is 34.6 Å². The predicted molar refractivity (Wildman–Crippen MR) is 177 cm³/mol. The highest BCUT2D eigenvalue weighted by Gasteiger charge is 2.27. The number of furan rings is 1. The number of rotatable bonds is 5. The van der Waals surface area contributed by atoms with Gasteiger partial charge in [-0.15, -0.1) is 0 Å². The van der Waals surface area contributed by atoms with Crippen molar-refractivity contribution in [3.05, 3.63) is 123 Å². The molecule has 206 valence electrons. The van der Waals surface area contributed by atoms with Crippen LogP contribution in [0.25, 0.3) is 38.6 Å². The summed E-state index contributed by atoms with van der Waals surface area (Å²) in [6, 6.07) is 28.2. The maximum absolute atomic E-state index is 6.43. The fourth-order valence-electron chi connectivity index (χ4n) is 6.41. The van der Waals surface area contributed by atoms with Crippen molar-refractivity contribution in [3.8, 4) is 5.88 Å². The molecule has 1 unspecified atom stereocenters. The van der Waals surface area contributed by atoms with Crippen LogP contribution < -0.4 is 5.32 Å². The summed E-state index contributed by atoms with van der Waals surface area (Å²) >= 11 is 8.74. The molecule has 42 heavy (non-hydrogen) atoms. The Morgan fingerprint density at radius 1 is 0.952 bits per heavy atom. The van der Waals surface area contributed by atoms with Gasteiger partial charge in [-0.25, -0.2) is 4.98 Å². The molecule has 0 aliphatic heterocycles. The summed E-state index contributed by atoms with van der Waals surface area (Å²) in [5.74, 6) is 1.63. The first-order valence-corrected chi connectivity index (χ1v) is 15.5. The molecule has 0 fully saturated rings. The molecule has 8 heteroatoms. The number of halogens is 2. The smallest absolute Gasteiger partial charge is 0.226 e. The number of nitrogens with zero attached hydrogens (tertiary/aromatic N) is 4. The van der Waals surface area contributed by atoms with Crippen molar-refractivity contribution in [2.24, 2.45) is 0 Å². The molecule has 4 aromatic carbocycles. The second-order valence-corrected chi connectivity index (χ2v) is 12.4. The molecule has 0 amide bonds. The van der Waals surface area contributed by atoms with Gasteiger partial charge < -0.3 is 9.73 Å². The number of hydrogen-bond donors (Lipinski definition) is 1. The molecule has 0 bridgehead atoms. The van der Waals surface area contributed by atoms with Gasteiger partial charge in [0, 0.05) is 15.7 Å². The fraction of sp³-hybridized carbons (Fsp3) is 0.147. The van der Waals surface area contributed by atoms with E-state index in [1.807, 2.05) is 10.6 Å². The van der Waals surface area contributed by atoms with E-state index in [0.29, 0.717) is 29.4 Å². The molecule has 1 N–H and O–H groups in total. The van der Waals surface area contributed by atoms with Crippen LogP contribution in [-0.4, -0.2) is 19.5 Å². The van der Waals surface area contributed by atoms with Crippen molar-refractivity contribution in [2.45, 2.75) is 31.7 Å². The first-order valence-electron chi connectivity index (χ1n) is 14.0. The number of imidazole rings is 1. The molecule has 1 atom stereocenters. The molecule has 7 aromatic rings. The van der Waals surface area contributed by atoms with E-state index in [-0.39, 0.29) is 5.28 Å². The van der Waals surface area contributed by atoms with Crippen LogP contribution in [0, 0.1) is 3.57 Å². The maximum Gasteiger partial charge on any atom is 0.226 e. The van der Waals surface area contributed by atoms with Gasteiger partial charge in [0.1, 0.15) is 6.33 Å². The van der Waals surface area contributed by atoms with E-state index >= 15 is 0 Å². The number of fused-ring (bicyclic) bond motifs is 6. The summed E-state index contributed by atoms with van der Waals surface area (Å²) < 4.78 is 9.21. The Labute approximate surface area is 260 Å². The van der Waals surface area contributed by atoms with Crippen LogP contribution in [-0.2, 0) is 19.4 Å². The maximum atomic E-state index is 6.43. The van der Waals surface area contributed by atoms with E-state index in [4.69, 9.17) is 21.0 Å². The van der Waals surface area contributed by atoms with Crippen LogP contribution in [0.5, 0.6) is 0 Å². The topological polar surface area (TPSA) is 68.8 Å². The van der Waals surface area contributed by atoms with Gasteiger partial charge in [0.2, 0.25) is 11.2 Å². The first-order chi connectivity index (χ1) is 20.6. The lowest BCUT2D eigenvalue weighted by Crippen LogP contribution is -2.14. The van der Waals surface area contributed by atoms with Gasteiger partial charge in [-0.3, -0.25) is 4.57 Å². The van der Waals surface area contributed by atoms with Gasteiger partial charge in [0.15, 0.2) is 17.0 Å². The summed E-state index contributed by atoms with van der Waals surface area (Å²) in [4.78, 5) is 13.7. The average Bonchev–Trinajstić information content (AvgIpc) is 3.66. The van der Waals surface area contributed by atoms with Gasteiger partial charge in [-0.2, -0.15) is 9.97 Å². The molecule has 8 rings (SSSR count). The lowest BCUT2D eigenvalue weighted by Gasteiger charge is -2.26. The van der Waals surface area contributed by atoms with Crippen molar-refractivity contribution < 1.29 is 4.42 Å². The highest BCUT2D eigenvalue weighted by atomic mass is 127. The molecule has 3 heterocycles. The molecular weight excluding hydrogens is 657 g/mol. The second kappa shape index (κ2) is 10.4. The minimum Gasteiger partial charge on any atom is -0.448 e. The van der Waals surface area contributed by atoms with Crippen molar-refractivity contribution >= 4 is 72.7 Å². The normalized spacial score (nSPS) is 15.0. The number of hydrogen-bond acceptors (Lipinski definition) is 5. The monoisotopic (exact) mass is 681 g/mol. The van der Waals surface area contributed by atoms with E-state index in [1.54, 1.807) is 12.6 Å². The third kappa shape index (κ3) is 4.42. The van der Waals surface area contributed by atoms with Crippen LogP contribution in [0.2, 0.25) is 5.28 Å². The number of aryl methyl sites for hydroxylation is 1. The quantitative estimate of drug-likeness (QED) is 0.112. The van der Waals surface area contributed by atoms with Gasteiger partial charge >= 0.3 is 0 Å². The van der Waals surface area contributed by atoms with Gasteiger partial charge in [-0.1, -0.05) is 60.7 Å². The Balaban J connectivity index is 1.15. The minimum absolute atomic E-state index is 0.160. The zero-order valence-electron chi connectivity index (χ0n) is 22.5. The Hall–Kier alpha value is -3.95. The summed E-state index contributed by atoms with van der Waals surface area (Å²) in [5, 5.41) is 8.80. The van der Waals surface area contributed by atoms with E-state index in [2.05, 4.69) is 111 Å². The zero-order valence-corrected chi connectivity index (χ0v) is 25.4. The molecule has 0 radical (unpaired) electrons. The lowest BCUT2D eigenvalue weighted by atomic mass is 9.78. The first kappa shape index (κ1) is 25.7. The zero-order chi connectivity index (χ0) is 28.2. The van der Waals surface area contributed by atoms with Crippen LogP contribution in [0.3, 0.4) is 0 Å². The standard InChI is InChI=1S/C34H25ClIN5O/c35-34-39-31(37-18-20-4-3-6-24(36)16-20)30-32(40-34)41(19-38-30)33-26(14-15-42-33)23-9-8-22-11-12-27-25-7-2-1-5-21(25)10-13-28(27)29(22)17-23/h1-7,10-16,19,23H,8-9,17-18H2,(H,37,39,40). The van der Waals surface area contributed by atoms with Crippen LogP contribution >= 0.6 is 34.2 Å². The Bertz CT molecular complexity index is 2130. The molecule has 1 aliphatic carbocycles. The van der Waals surface area contributed by atoms with E-state index < -0.39 is 0 Å². The lowest BCUT2D eigenvalue weighted by molar-refractivity contribution is 0.521. The van der Waals surface area contributed by atoms with Crippen molar-refractivity contribution in [2.75, 3.05) is 5.32 Å². The number of aromatic nitrogens is 4. The van der Waals surface area contributed by atoms with Crippen molar-refractivity contribution in [1.82, 2.24) is 19.5 Å². The second-order valence-electron chi connectivity index (χ2n) is 10.8. The third-order valence-corrected chi connectivity index (χ3v) is 9.24. The number of anilines is 1. The molecular formula is C34H25ClIN5O. The van der Waals surface area contributed by atoms with Gasteiger partial charge in [0.05, 0.1) is 6.26 Å². The fourth-order valence-corrected chi connectivity index (χ4v) is 7.18. The van der Waals surface area contributed by atoms with E-state index in [1.165, 1.54) is 36.2 Å². The molecule has 0 saturated heterocycles. The van der Waals surface area contributed by atoms with Gasteiger partial charge in [0.25, 0.3) is 0 Å².